The number of nitrogens with zero attached hydrogens (tertiary/aromatic N) is 1. The van der Waals surface area contributed by atoms with Gasteiger partial charge in [0.2, 0.25) is 0 Å². The molecule has 1 amide bonds. The largest absolute Gasteiger partial charge is 0.493 e. The fourth-order valence-corrected chi connectivity index (χ4v) is 4.88. The summed E-state index contributed by atoms with van der Waals surface area (Å²) in [5.74, 6) is 0.402. The van der Waals surface area contributed by atoms with E-state index < -0.39 is 11.6 Å². The Hall–Kier alpha value is -3.07. The van der Waals surface area contributed by atoms with Crippen molar-refractivity contribution in [1.82, 2.24) is 0 Å². The number of hydrogen-bond donors (Lipinski definition) is 1. The van der Waals surface area contributed by atoms with Crippen molar-refractivity contribution in [1.29, 1.82) is 0 Å². The molecule has 34 heavy (non-hydrogen) atoms. The second kappa shape index (κ2) is 9.66. The molecule has 7 nitrogen and oxygen atoms in total. The van der Waals surface area contributed by atoms with Crippen LogP contribution in [0.25, 0.3) is 10.4 Å². The van der Waals surface area contributed by atoms with E-state index >= 15 is 0 Å². The molecule has 0 spiro atoms. The number of hydrogen-bond acceptors (Lipinski definition) is 7. The van der Waals surface area contributed by atoms with Gasteiger partial charge in [-0.15, -0.1) is 11.3 Å². The Balaban J connectivity index is 1.48. The number of nitrogens with two attached hydrogens (primary N) is 1. The van der Waals surface area contributed by atoms with Crippen LogP contribution in [0.3, 0.4) is 0 Å². The zero-order valence-electron chi connectivity index (χ0n) is 19.1. The molecule has 1 aliphatic heterocycles. The highest BCUT2D eigenvalue weighted by Crippen LogP contribution is 2.40. The minimum Gasteiger partial charge on any atom is -0.493 e. The van der Waals surface area contributed by atoms with E-state index in [-0.39, 0.29) is 19.1 Å². The third-order valence-electron chi connectivity index (χ3n) is 5.30. The van der Waals surface area contributed by atoms with Gasteiger partial charge < -0.3 is 24.8 Å². The Morgan fingerprint density at radius 3 is 2.53 bits per heavy atom. The van der Waals surface area contributed by atoms with Crippen molar-refractivity contribution in [2.75, 3.05) is 25.2 Å². The summed E-state index contributed by atoms with van der Waals surface area (Å²) in [6, 6.07) is 15.0. The number of ether oxygens (including phenoxy) is 3. The first-order valence-electron chi connectivity index (χ1n) is 10.6. The highest BCUT2D eigenvalue weighted by Gasteiger charge is 2.32. The summed E-state index contributed by atoms with van der Waals surface area (Å²) in [5, 5.41) is 0.677. The van der Waals surface area contributed by atoms with Crippen molar-refractivity contribution in [3.8, 4) is 21.9 Å². The fraction of sp³-hybridized carbons (Fsp3) is 0.280. The van der Waals surface area contributed by atoms with Crippen molar-refractivity contribution in [3.05, 3.63) is 64.0 Å². The molecule has 3 aromatic rings. The summed E-state index contributed by atoms with van der Waals surface area (Å²) >= 11 is 7.46. The molecule has 2 aromatic carbocycles. The van der Waals surface area contributed by atoms with Crippen LogP contribution in [0.15, 0.2) is 48.5 Å². The van der Waals surface area contributed by atoms with Crippen LogP contribution in [0.1, 0.15) is 29.1 Å². The maximum atomic E-state index is 13.2. The first kappa shape index (κ1) is 24.1. The normalized spacial score (nSPS) is 13.1. The minimum atomic E-state index is -0.860. The highest BCUT2D eigenvalue weighted by molar-refractivity contribution is 7.17. The van der Waals surface area contributed by atoms with Crippen molar-refractivity contribution < 1.29 is 23.8 Å². The summed E-state index contributed by atoms with van der Waals surface area (Å²) in [6.45, 7) is 3.87. The van der Waals surface area contributed by atoms with Gasteiger partial charge in [0.15, 0.2) is 11.5 Å². The fourth-order valence-electron chi connectivity index (χ4n) is 3.63. The quantitative estimate of drug-likeness (QED) is 0.442. The number of amides is 1. The number of esters is 1. The lowest BCUT2D eigenvalue weighted by molar-refractivity contribution is -0.157. The number of fused-ring (bicyclic) bond motifs is 1. The van der Waals surface area contributed by atoms with Crippen molar-refractivity contribution in [2.24, 2.45) is 5.73 Å². The molecular weight excluding hydrogens is 476 g/mol. The van der Waals surface area contributed by atoms with E-state index in [9.17, 15) is 9.59 Å². The molecule has 178 valence electrons. The van der Waals surface area contributed by atoms with Gasteiger partial charge in [-0.3, -0.25) is 9.59 Å². The van der Waals surface area contributed by atoms with E-state index in [4.69, 9.17) is 31.5 Å². The summed E-state index contributed by atoms with van der Waals surface area (Å²) in [4.78, 5) is 28.1. The Morgan fingerprint density at radius 1 is 1.15 bits per heavy atom. The van der Waals surface area contributed by atoms with Crippen molar-refractivity contribution in [3.63, 3.8) is 0 Å². The van der Waals surface area contributed by atoms with Gasteiger partial charge in [-0.1, -0.05) is 23.7 Å². The highest BCUT2D eigenvalue weighted by atomic mass is 35.5. The third-order valence-corrected chi connectivity index (χ3v) is 6.76. The molecule has 9 heteroatoms. The molecule has 0 aliphatic carbocycles. The van der Waals surface area contributed by atoms with E-state index in [1.807, 2.05) is 30.3 Å². The first-order valence-corrected chi connectivity index (χ1v) is 11.8. The summed E-state index contributed by atoms with van der Waals surface area (Å²) in [7, 11) is 1.53. The Morgan fingerprint density at radius 2 is 1.88 bits per heavy atom. The number of carbonyl (C=O) groups is 2. The number of rotatable bonds is 8. The summed E-state index contributed by atoms with van der Waals surface area (Å²) in [5.41, 5.74) is 7.19. The molecule has 0 atom stereocenters. The first-order chi connectivity index (χ1) is 16.2. The van der Waals surface area contributed by atoms with Crippen LogP contribution in [0.5, 0.6) is 11.5 Å². The molecule has 1 aromatic heterocycles. The van der Waals surface area contributed by atoms with Gasteiger partial charge in [-0.25, -0.2) is 0 Å². The monoisotopic (exact) mass is 500 g/mol. The molecule has 1 aliphatic rings. The number of halogens is 1. The molecule has 2 heterocycles. The van der Waals surface area contributed by atoms with Crippen LogP contribution in [0.2, 0.25) is 5.02 Å². The van der Waals surface area contributed by atoms with Crippen LogP contribution in [0, 0.1) is 0 Å². The van der Waals surface area contributed by atoms with Gasteiger partial charge in [-0.2, -0.15) is 0 Å². The molecule has 0 saturated heterocycles. The zero-order chi connectivity index (χ0) is 24.5. The second-order valence-corrected chi connectivity index (χ2v) is 9.91. The van der Waals surface area contributed by atoms with Crippen LogP contribution in [-0.2, 0) is 16.1 Å². The lowest BCUT2D eigenvalue weighted by Crippen LogP contribution is -2.37. The van der Waals surface area contributed by atoms with Gasteiger partial charge in [0, 0.05) is 21.7 Å². The predicted octanol–water partition coefficient (Wildman–Crippen LogP) is 4.90. The van der Waals surface area contributed by atoms with Gasteiger partial charge >= 0.3 is 5.97 Å². The van der Waals surface area contributed by atoms with E-state index in [1.165, 1.54) is 18.4 Å². The molecule has 2 N–H and O–H groups in total. The Kier molecular flexibility index (Phi) is 6.84. The molecule has 0 bridgehead atoms. The summed E-state index contributed by atoms with van der Waals surface area (Å²) in [6.07, 6.45) is 0. The topological polar surface area (TPSA) is 91.1 Å². The van der Waals surface area contributed by atoms with Gasteiger partial charge in [0.05, 0.1) is 25.1 Å². The standard InChI is InChI=1S/C25H25ClN2O5S/c1-25(2,33-22(29)12-27)14-32-19-9-8-18(11-20(19)31-3)28-13-16-10-21(34-23(16)24(28)30)15-4-6-17(26)7-5-15/h4-11H,12-14,27H2,1-3H3. The molecule has 4 rings (SSSR count). The van der Waals surface area contributed by atoms with E-state index in [2.05, 4.69) is 6.07 Å². The lowest BCUT2D eigenvalue weighted by Gasteiger charge is -2.25. The predicted molar refractivity (Wildman–Crippen MR) is 133 cm³/mol. The SMILES string of the molecule is COc1cc(N2Cc3cc(-c4ccc(Cl)cc4)sc3C2=O)ccc1OCC(C)(C)OC(=O)CN. The van der Waals surface area contributed by atoms with Gasteiger partial charge in [-0.05, 0) is 55.3 Å². The van der Waals surface area contributed by atoms with Gasteiger partial charge in [0.1, 0.15) is 12.2 Å². The molecule has 0 unspecified atom stereocenters. The van der Waals surface area contributed by atoms with E-state index in [0.717, 1.165) is 20.9 Å². The number of thiophene rings is 1. The third kappa shape index (κ3) is 5.04. The summed E-state index contributed by atoms with van der Waals surface area (Å²) < 4.78 is 16.6. The maximum Gasteiger partial charge on any atom is 0.320 e. The average molecular weight is 501 g/mol. The van der Waals surface area contributed by atoms with Crippen LogP contribution >= 0.6 is 22.9 Å². The maximum absolute atomic E-state index is 13.2. The number of methoxy groups -OCH3 is 1. The van der Waals surface area contributed by atoms with E-state index in [1.54, 1.807) is 30.9 Å². The average Bonchev–Trinajstić information content (AvgIpc) is 3.37. The van der Waals surface area contributed by atoms with Crippen LogP contribution in [0.4, 0.5) is 5.69 Å². The van der Waals surface area contributed by atoms with Crippen LogP contribution < -0.4 is 20.1 Å². The molecule has 0 fully saturated rings. The smallest absolute Gasteiger partial charge is 0.320 e. The van der Waals surface area contributed by atoms with Gasteiger partial charge in [0.25, 0.3) is 5.91 Å². The van der Waals surface area contributed by atoms with E-state index in [0.29, 0.717) is 28.8 Å². The van der Waals surface area contributed by atoms with Crippen molar-refractivity contribution >= 4 is 40.5 Å². The number of carbonyl (C=O) groups excluding carboxylic acids is 2. The Labute approximate surface area is 207 Å². The number of anilines is 1. The minimum absolute atomic E-state index is 0.0502. The van der Waals surface area contributed by atoms with Crippen LogP contribution in [-0.4, -0.2) is 37.7 Å². The lowest BCUT2D eigenvalue weighted by atomic mass is 10.1. The number of benzene rings is 2. The Bertz CT molecular complexity index is 1220. The van der Waals surface area contributed by atoms with Crippen molar-refractivity contribution in [2.45, 2.75) is 26.0 Å². The molecular formula is C25H25ClN2O5S. The molecule has 0 saturated carbocycles. The zero-order valence-corrected chi connectivity index (χ0v) is 20.7. The second-order valence-electron chi connectivity index (χ2n) is 8.42. The molecule has 0 radical (unpaired) electrons.